The molecule has 6 nitrogen and oxygen atoms in total. The molecule has 26 heavy (non-hydrogen) atoms. The van der Waals surface area contributed by atoms with E-state index >= 15 is 0 Å². The van der Waals surface area contributed by atoms with Gasteiger partial charge in [-0.05, 0) is 56.3 Å². The molecule has 5 aliphatic rings. The molecule has 2 saturated carbocycles. The number of amides is 1. The first-order valence-electron chi connectivity index (χ1n) is 10.4. The van der Waals surface area contributed by atoms with Crippen molar-refractivity contribution in [3.8, 4) is 0 Å². The van der Waals surface area contributed by atoms with Gasteiger partial charge in [-0.1, -0.05) is 0 Å². The molecular formula is C20H32N4O2. The normalized spacial score (nSPS) is 46.7. The molecule has 3 heterocycles. The van der Waals surface area contributed by atoms with Gasteiger partial charge in [0.15, 0.2) is 0 Å². The van der Waals surface area contributed by atoms with Crippen LogP contribution in [0.15, 0.2) is 5.10 Å². The fraction of sp³-hybridized carbons (Fsp3) is 0.900. The highest BCUT2D eigenvalue weighted by molar-refractivity contribution is 5.68. The van der Waals surface area contributed by atoms with Crippen molar-refractivity contribution >= 4 is 12.3 Å². The first kappa shape index (κ1) is 16.8. The van der Waals surface area contributed by atoms with Gasteiger partial charge in [-0.3, -0.25) is 9.91 Å². The molecule has 2 aliphatic carbocycles. The molecule has 0 radical (unpaired) electrons. The van der Waals surface area contributed by atoms with Crippen molar-refractivity contribution in [2.24, 2.45) is 28.3 Å². The highest BCUT2D eigenvalue weighted by atomic mass is 16.6. The largest absolute Gasteiger partial charge is 0.450 e. The SMILES string of the molecule is CCOC(=O)N1CCC2(CC(N3C[C@@H]4[C@H](C3)[C@H]4C3(C)CC=NN3C)C2)C1. The smallest absolute Gasteiger partial charge is 0.409 e. The van der Waals surface area contributed by atoms with E-state index in [0.29, 0.717) is 12.0 Å². The quantitative estimate of drug-likeness (QED) is 0.775. The summed E-state index contributed by atoms with van der Waals surface area (Å²) in [5.74, 6) is 2.58. The Morgan fingerprint density at radius 1 is 1.31 bits per heavy atom. The molecule has 2 saturated heterocycles. The second-order valence-electron chi connectivity index (χ2n) is 9.62. The molecule has 3 aliphatic heterocycles. The van der Waals surface area contributed by atoms with E-state index in [0.717, 1.165) is 49.7 Å². The second kappa shape index (κ2) is 5.60. The van der Waals surface area contributed by atoms with Gasteiger partial charge in [0.2, 0.25) is 0 Å². The van der Waals surface area contributed by atoms with E-state index in [2.05, 4.69) is 35.2 Å². The van der Waals surface area contributed by atoms with E-state index in [9.17, 15) is 4.79 Å². The summed E-state index contributed by atoms with van der Waals surface area (Å²) in [7, 11) is 2.14. The minimum Gasteiger partial charge on any atom is -0.450 e. The summed E-state index contributed by atoms with van der Waals surface area (Å²) in [6.45, 7) is 9.10. The van der Waals surface area contributed by atoms with Gasteiger partial charge in [0.1, 0.15) is 0 Å². The summed E-state index contributed by atoms with van der Waals surface area (Å²) in [5.41, 5.74) is 0.642. The van der Waals surface area contributed by atoms with Gasteiger partial charge in [0, 0.05) is 51.9 Å². The number of hydrazone groups is 1. The summed E-state index contributed by atoms with van der Waals surface area (Å²) in [6, 6.07) is 0.746. The fourth-order valence-corrected chi connectivity index (χ4v) is 6.58. The van der Waals surface area contributed by atoms with Gasteiger partial charge in [-0.15, -0.1) is 0 Å². The van der Waals surface area contributed by atoms with Crippen LogP contribution >= 0.6 is 0 Å². The summed E-state index contributed by atoms with van der Waals surface area (Å²) in [5, 5.41) is 6.70. The molecule has 6 heteroatoms. The van der Waals surface area contributed by atoms with Gasteiger partial charge in [-0.2, -0.15) is 5.10 Å². The second-order valence-corrected chi connectivity index (χ2v) is 9.62. The Labute approximate surface area is 156 Å². The Balaban J connectivity index is 1.12. The molecule has 0 bridgehead atoms. The maximum atomic E-state index is 12.0. The zero-order chi connectivity index (χ0) is 18.1. The number of fused-ring (bicyclic) bond motifs is 1. The number of piperidine rings is 1. The van der Waals surface area contributed by atoms with Gasteiger partial charge in [0.25, 0.3) is 0 Å². The molecule has 5 rings (SSSR count). The van der Waals surface area contributed by atoms with Crippen molar-refractivity contribution in [2.75, 3.05) is 39.8 Å². The molecule has 4 atom stereocenters. The molecule has 1 amide bonds. The Hall–Kier alpha value is -1.30. The van der Waals surface area contributed by atoms with Crippen LogP contribution in [0, 0.1) is 23.2 Å². The fourth-order valence-electron chi connectivity index (χ4n) is 6.58. The Morgan fingerprint density at radius 3 is 2.65 bits per heavy atom. The van der Waals surface area contributed by atoms with Crippen LogP contribution in [-0.2, 0) is 4.74 Å². The summed E-state index contributed by atoms with van der Waals surface area (Å²) < 4.78 is 5.18. The molecule has 0 aromatic carbocycles. The van der Waals surface area contributed by atoms with Crippen LogP contribution in [0.1, 0.15) is 39.5 Å². The Morgan fingerprint density at radius 2 is 2.04 bits per heavy atom. The third-order valence-corrected chi connectivity index (χ3v) is 8.26. The maximum absolute atomic E-state index is 12.0. The number of ether oxygens (including phenoxy) is 1. The van der Waals surface area contributed by atoms with Gasteiger partial charge in [0.05, 0.1) is 12.1 Å². The molecular weight excluding hydrogens is 328 g/mol. The lowest BCUT2D eigenvalue weighted by atomic mass is 9.64. The van der Waals surface area contributed by atoms with E-state index in [1.807, 2.05) is 11.8 Å². The first-order chi connectivity index (χ1) is 12.5. The molecule has 1 spiro atoms. The van der Waals surface area contributed by atoms with Crippen LogP contribution in [0.3, 0.4) is 0 Å². The standard InChI is InChI=1S/C20H32N4O2/c1-4-26-18(25)23-8-6-20(13-23)9-14(10-20)24-11-15-16(12-24)17(15)19(2)5-7-21-22(19)3/h7,14-17H,4-6,8-13H2,1-3H3/t14?,15-,16+,17+,19?,20?. The van der Waals surface area contributed by atoms with Crippen LogP contribution in [0.2, 0.25) is 0 Å². The van der Waals surface area contributed by atoms with Crippen molar-refractivity contribution in [3.63, 3.8) is 0 Å². The summed E-state index contributed by atoms with van der Waals surface area (Å²) >= 11 is 0. The molecule has 0 N–H and O–H groups in total. The minimum atomic E-state index is -0.116. The number of nitrogens with zero attached hydrogens (tertiary/aromatic N) is 4. The van der Waals surface area contributed by atoms with Crippen molar-refractivity contribution in [2.45, 2.75) is 51.1 Å². The predicted octanol–water partition coefficient (Wildman–Crippen LogP) is 2.26. The maximum Gasteiger partial charge on any atom is 0.409 e. The number of hydrogen-bond donors (Lipinski definition) is 0. The summed E-state index contributed by atoms with van der Waals surface area (Å²) in [6.07, 6.45) is 6.79. The third-order valence-electron chi connectivity index (χ3n) is 8.26. The monoisotopic (exact) mass is 360 g/mol. The molecule has 0 aromatic heterocycles. The number of carbonyl (C=O) groups is 1. The first-order valence-corrected chi connectivity index (χ1v) is 10.4. The Bertz CT molecular complexity index is 619. The van der Waals surface area contributed by atoms with Crippen molar-refractivity contribution < 1.29 is 9.53 Å². The molecule has 144 valence electrons. The van der Waals surface area contributed by atoms with E-state index < -0.39 is 0 Å². The van der Waals surface area contributed by atoms with Crippen LogP contribution in [0.5, 0.6) is 0 Å². The number of likely N-dealkylation sites (tertiary alicyclic amines) is 2. The molecule has 1 unspecified atom stereocenters. The highest BCUT2D eigenvalue weighted by Crippen LogP contribution is 2.62. The van der Waals surface area contributed by atoms with Crippen LogP contribution in [0.4, 0.5) is 4.79 Å². The summed E-state index contributed by atoms with van der Waals surface area (Å²) in [4.78, 5) is 16.6. The lowest BCUT2D eigenvalue weighted by Crippen LogP contribution is -2.53. The van der Waals surface area contributed by atoms with Crippen LogP contribution in [-0.4, -0.2) is 78.5 Å². The van der Waals surface area contributed by atoms with E-state index in [4.69, 9.17) is 4.74 Å². The predicted molar refractivity (Wildman–Crippen MR) is 100.0 cm³/mol. The Kier molecular flexibility index (Phi) is 3.63. The molecule has 4 fully saturated rings. The van der Waals surface area contributed by atoms with Crippen LogP contribution < -0.4 is 0 Å². The number of rotatable bonds is 3. The van der Waals surface area contributed by atoms with Crippen molar-refractivity contribution in [1.82, 2.24) is 14.8 Å². The zero-order valence-corrected chi connectivity index (χ0v) is 16.4. The van der Waals surface area contributed by atoms with E-state index in [1.165, 1.54) is 25.9 Å². The molecule has 0 aromatic rings. The van der Waals surface area contributed by atoms with Crippen LogP contribution in [0.25, 0.3) is 0 Å². The lowest BCUT2D eigenvalue weighted by molar-refractivity contribution is 0.00477. The van der Waals surface area contributed by atoms with Gasteiger partial charge >= 0.3 is 6.09 Å². The third kappa shape index (κ3) is 2.33. The van der Waals surface area contributed by atoms with Gasteiger partial charge in [-0.25, -0.2) is 4.79 Å². The van der Waals surface area contributed by atoms with Crippen molar-refractivity contribution in [3.05, 3.63) is 0 Å². The number of carbonyl (C=O) groups excluding carboxylic acids is 1. The van der Waals surface area contributed by atoms with Gasteiger partial charge < -0.3 is 9.64 Å². The highest BCUT2D eigenvalue weighted by Gasteiger charge is 2.66. The van der Waals surface area contributed by atoms with Crippen molar-refractivity contribution in [1.29, 1.82) is 0 Å². The average Bonchev–Trinajstić information content (AvgIpc) is 2.98. The minimum absolute atomic E-state index is 0.116. The van der Waals surface area contributed by atoms with E-state index in [-0.39, 0.29) is 11.6 Å². The lowest BCUT2D eigenvalue weighted by Gasteiger charge is -2.50. The van der Waals surface area contributed by atoms with E-state index in [1.54, 1.807) is 0 Å². The number of hydrogen-bond acceptors (Lipinski definition) is 5. The zero-order valence-electron chi connectivity index (χ0n) is 16.4. The topological polar surface area (TPSA) is 48.4 Å². The average molecular weight is 361 g/mol.